The number of hydrogen-bond donors (Lipinski definition) is 0. The van der Waals surface area contributed by atoms with E-state index in [9.17, 15) is 10.1 Å². The molecule has 0 aliphatic carbocycles. The van der Waals surface area contributed by atoms with Gasteiger partial charge in [0.2, 0.25) is 5.91 Å². The van der Waals surface area contributed by atoms with Gasteiger partial charge in [0.15, 0.2) is 0 Å². The molecule has 0 unspecified atom stereocenters. The first-order valence-electron chi connectivity index (χ1n) is 9.70. The number of para-hydroxylation sites is 1. The Morgan fingerprint density at radius 3 is 2.66 bits per heavy atom. The third-order valence-electron chi connectivity index (χ3n) is 5.52. The number of methoxy groups -OCH3 is 1. The molecule has 1 atom stereocenters. The molecule has 0 saturated carbocycles. The number of allylic oxidation sites excluding steroid dienone is 1. The maximum absolute atomic E-state index is 13.0. The molecule has 2 aromatic carbocycles. The normalized spacial score (nSPS) is 19.1. The van der Waals surface area contributed by atoms with Crippen molar-refractivity contribution in [3.63, 3.8) is 0 Å². The molecule has 0 bridgehead atoms. The van der Waals surface area contributed by atoms with Crippen LogP contribution in [-0.4, -0.2) is 30.5 Å². The minimum atomic E-state index is -0.202. The number of nitriles is 1. The molecule has 2 aliphatic rings. The first-order chi connectivity index (χ1) is 14.2. The second kappa shape index (κ2) is 8.22. The van der Waals surface area contributed by atoms with Gasteiger partial charge >= 0.3 is 0 Å². The second-order valence-electron chi connectivity index (χ2n) is 7.12. The molecule has 1 fully saturated rings. The van der Waals surface area contributed by atoms with Crippen LogP contribution in [-0.2, 0) is 11.2 Å². The number of aryl methyl sites for hydroxylation is 1. The highest BCUT2D eigenvalue weighted by molar-refractivity contribution is 8.03. The largest absolute Gasteiger partial charge is 0.497 e. The molecule has 6 heteroatoms. The van der Waals surface area contributed by atoms with Crippen molar-refractivity contribution >= 4 is 23.4 Å². The molecule has 5 nitrogen and oxygen atoms in total. The molecule has 4 rings (SSSR count). The van der Waals surface area contributed by atoms with Crippen molar-refractivity contribution in [2.45, 2.75) is 25.7 Å². The van der Waals surface area contributed by atoms with Gasteiger partial charge in [-0.1, -0.05) is 49.0 Å². The highest BCUT2D eigenvalue weighted by Gasteiger charge is 2.38. The third kappa shape index (κ3) is 3.58. The average Bonchev–Trinajstić information content (AvgIpc) is 2.79. The molecule has 29 heavy (non-hydrogen) atoms. The van der Waals surface area contributed by atoms with Crippen LogP contribution in [0.2, 0.25) is 0 Å². The summed E-state index contributed by atoms with van der Waals surface area (Å²) < 4.78 is 5.23. The highest BCUT2D eigenvalue weighted by atomic mass is 32.2. The molecule has 1 saturated heterocycles. The number of carbonyl (C=O) groups is 1. The minimum absolute atomic E-state index is 0.0611. The van der Waals surface area contributed by atoms with Gasteiger partial charge in [0.25, 0.3) is 0 Å². The average molecular weight is 406 g/mol. The van der Waals surface area contributed by atoms with E-state index in [1.807, 2.05) is 36.4 Å². The van der Waals surface area contributed by atoms with Crippen molar-refractivity contribution in [1.82, 2.24) is 4.90 Å². The van der Waals surface area contributed by atoms with Gasteiger partial charge in [-0.2, -0.15) is 5.26 Å². The van der Waals surface area contributed by atoms with Crippen LogP contribution in [0.3, 0.4) is 0 Å². The van der Waals surface area contributed by atoms with E-state index < -0.39 is 0 Å². The summed E-state index contributed by atoms with van der Waals surface area (Å²) in [6, 6.07) is 18.4. The van der Waals surface area contributed by atoms with Crippen molar-refractivity contribution in [3.05, 3.63) is 70.3 Å². The lowest BCUT2D eigenvalue weighted by molar-refractivity contribution is -0.129. The quantitative estimate of drug-likeness (QED) is 0.751. The highest BCUT2D eigenvalue weighted by Crippen LogP contribution is 2.43. The van der Waals surface area contributed by atoms with Crippen LogP contribution in [0.15, 0.2) is 59.1 Å². The van der Waals surface area contributed by atoms with E-state index in [0.29, 0.717) is 18.7 Å². The number of amides is 1. The fraction of sp³-hybridized carbons (Fsp3) is 0.304. The Morgan fingerprint density at radius 2 is 1.97 bits per heavy atom. The van der Waals surface area contributed by atoms with Crippen LogP contribution < -0.4 is 9.64 Å². The van der Waals surface area contributed by atoms with E-state index in [1.165, 1.54) is 5.56 Å². The fourth-order valence-corrected chi connectivity index (χ4v) is 5.11. The van der Waals surface area contributed by atoms with Gasteiger partial charge in [0, 0.05) is 18.0 Å². The molecular weight excluding hydrogens is 382 g/mol. The van der Waals surface area contributed by atoms with Gasteiger partial charge in [-0.15, -0.1) is 0 Å². The predicted octanol–water partition coefficient (Wildman–Crippen LogP) is 4.48. The number of benzene rings is 2. The Balaban J connectivity index is 1.65. The van der Waals surface area contributed by atoms with Crippen LogP contribution in [0.1, 0.15) is 30.4 Å². The standard InChI is InChI=1S/C23H23N3O2S/c1-3-16-6-4-5-7-21(16)25-14-26-22(27)12-19(20(13-24)23(26)29-15-25)17-8-10-18(28-2)11-9-17/h4-11,19H,3,12,14-15H2,1-2H3/t19-/m1/s1. The summed E-state index contributed by atoms with van der Waals surface area (Å²) in [7, 11) is 1.63. The number of nitrogens with zero attached hydrogens (tertiary/aromatic N) is 3. The number of ether oxygens (including phenoxy) is 1. The summed E-state index contributed by atoms with van der Waals surface area (Å²) in [4.78, 5) is 17.0. The molecule has 148 valence electrons. The SMILES string of the molecule is CCc1ccccc1N1CSC2=C(C#N)[C@@H](c3ccc(OC)cc3)CC(=O)N2C1. The molecule has 2 aliphatic heterocycles. The second-order valence-corrected chi connectivity index (χ2v) is 8.05. The van der Waals surface area contributed by atoms with Crippen molar-refractivity contribution in [2.24, 2.45) is 0 Å². The Hall–Kier alpha value is -2.91. The van der Waals surface area contributed by atoms with E-state index in [-0.39, 0.29) is 11.8 Å². The molecule has 2 heterocycles. The monoisotopic (exact) mass is 405 g/mol. The zero-order chi connectivity index (χ0) is 20.4. The van der Waals surface area contributed by atoms with Crippen LogP contribution in [0.4, 0.5) is 5.69 Å². The number of fused-ring (bicyclic) bond motifs is 1. The lowest BCUT2D eigenvalue weighted by Crippen LogP contribution is -2.47. The first-order valence-corrected chi connectivity index (χ1v) is 10.7. The van der Waals surface area contributed by atoms with Gasteiger partial charge in [0.05, 0.1) is 36.3 Å². The van der Waals surface area contributed by atoms with Crippen LogP contribution >= 0.6 is 11.8 Å². The summed E-state index contributed by atoms with van der Waals surface area (Å²) in [5.41, 5.74) is 4.08. The van der Waals surface area contributed by atoms with Gasteiger partial charge in [-0.3, -0.25) is 9.69 Å². The predicted molar refractivity (Wildman–Crippen MR) is 115 cm³/mol. The lowest BCUT2D eigenvalue weighted by Gasteiger charge is -2.42. The zero-order valence-electron chi connectivity index (χ0n) is 16.6. The molecule has 0 spiro atoms. The van der Waals surface area contributed by atoms with Crippen molar-refractivity contribution in [1.29, 1.82) is 5.26 Å². The Labute approximate surface area is 175 Å². The van der Waals surface area contributed by atoms with Crippen LogP contribution in [0, 0.1) is 11.3 Å². The zero-order valence-corrected chi connectivity index (χ0v) is 17.4. The van der Waals surface area contributed by atoms with Crippen LogP contribution in [0.25, 0.3) is 0 Å². The summed E-state index contributed by atoms with van der Waals surface area (Å²) in [6.07, 6.45) is 1.25. The van der Waals surface area contributed by atoms with E-state index in [1.54, 1.807) is 23.8 Å². The number of anilines is 1. The molecule has 0 N–H and O–H groups in total. The van der Waals surface area contributed by atoms with Gasteiger partial charge in [-0.25, -0.2) is 0 Å². The third-order valence-corrected chi connectivity index (χ3v) is 6.68. The summed E-state index contributed by atoms with van der Waals surface area (Å²) in [5, 5.41) is 10.7. The van der Waals surface area contributed by atoms with Crippen LogP contribution in [0.5, 0.6) is 5.75 Å². The number of hydrogen-bond acceptors (Lipinski definition) is 5. The minimum Gasteiger partial charge on any atom is -0.497 e. The van der Waals surface area contributed by atoms with Crippen molar-refractivity contribution in [3.8, 4) is 11.8 Å². The topological polar surface area (TPSA) is 56.6 Å². The summed E-state index contributed by atoms with van der Waals surface area (Å²) in [5.74, 6) is 1.34. The Kier molecular flexibility index (Phi) is 5.50. The maximum Gasteiger partial charge on any atom is 0.229 e. The van der Waals surface area contributed by atoms with E-state index in [0.717, 1.165) is 34.3 Å². The van der Waals surface area contributed by atoms with E-state index in [4.69, 9.17) is 4.74 Å². The van der Waals surface area contributed by atoms with Gasteiger partial charge in [-0.05, 0) is 35.7 Å². The molecule has 1 amide bonds. The smallest absolute Gasteiger partial charge is 0.229 e. The molecule has 0 radical (unpaired) electrons. The summed E-state index contributed by atoms with van der Waals surface area (Å²) >= 11 is 1.58. The summed E-state index contributed by atoms with van der Waals surface area (Å²) in [6.45, 7) is 2.62. The maximum atomic E-state index is 13.0. The molecule has 0 aromatic heterocycles. The Morgan fingerprint density at radius 1 is 1.21 bits per heavy atom. The van der Waals surface area contributed by atoms with Crippen molar-refractivity contribution < 1.29 is 9.53 Å². The first kappa shape index (κ1) is 19.4. The van der Waals surface area contributed by atoms with Crippen molar-refractivity contribution in [2.75, 3.05) is 24.6 Å². The molecular formula is C23H23N3O2S. The van der Waals surface area contributed by atoms with E-state index >= 15 is 0 Å². The molecule has 2 aromatic rings. The number of rotatable bonds is 4. The lowest BCUT2D eigenvalue weighted by atomic mass is 9.86. The fourth-order valence-electron chi connectivity index (χ4n) is 3.95. The Bertz CT molecular complexity index is 994. The number of carbonyl (C=O) groups excluding carboxylic acids is 1. The van der Waals surface area contributed by atoms with Gasteiger partial charge in [0.1, 0.15) is 5.75 Å². The van der Waals surface area contributed by atoms with Gasteiger partial charge < -0.3 is 9.64 Å². The number of thioether (sulfide) groups is 1. The van der Waals surface area contributed by atoms with E-state index in [2.05, 4.69) is 30.0 Å².